The molecular formula is C13H16FN3O2. The Bertz CT molecular complexity index is 557. The van der Waals surface area contributed by atoms with E-state index in [-0.39, 0.29) is 11.8 Å². The highest BCUT2D eigenvalue weighted by molar-refractivity contribution is 5.29. The van der Waals surface area contributed by atoms with Crippen LogP contribution >= 0.6 is 0 Å². The molecule has 0 aliphatic carbocycles. The summed E-state index contributed by atoms with van der Waals surface area (Å²) in [5, 5.41) is 16.0. The number of phenols is 1. The van der Waals surface area contributed by atoms with Crippen molar-refractivity contribution in [3.05, 3.63) is 41.3 Å². The topological polar surface area (TPSA) is 71.2 Å². The maximum Gasteiger partial charge on any atom is 0.227 e. The summed E-state index contributed by atoms with van der Waals surface area (Å²) in [6.45, 7) is 4.21. The van der Waals surface area contributed by atoms with Gasteiger partial charge in [0.1, 0.15) is 11.6 Å². The van der Waals surface area contributed by atoms with E-state index in [2.05, 4.69) is 15.5 Å². The number of aromatic hydroxyl groups is 1. The van der Waals surface area contributed by atoms with E-state index in [1.165, 1.54) is 6.07 Å². The fourth-order valence-electron chi connectivity index (χ4n) is 1.81. The number of nitrogens with zero attached hydrogens (tertiary/aromatic N) is 2. The lowest BCUT2D eigenvalue weighted by Gasteiger charge is -2.14. The van der Waals surface area contributed by atoms with Gasteiger partial charge >= 0.3 is 0 Å². The SMILES string of the molecule is Cc1noc(CCNC(C)c2ccc(O)cc2F)n1. The summed E-state index contributed by atoms with van der Waals surface area (Å²) in [6, 6.07) is 3.98. The molecule has 2 aromatic rings. The van der Waals surface area contributed by atoms with Gasteiger partial charge in [0.05, 0.1) is 0 Å². The highest BCUT2D eigenvalue weighted by Crippen LogP contribution is 2.20. The second-order valence-electron chi connectivity index (χ2n) is 4.37. The minimum absolute atomic E-state index is 0.0743. The molecule has 0 amide bonds. The number of benzene rings is 1. The molecule has 1 unspecified atom stereocenters. The minimum atomic E-state index is -0.423. The van der Waals surface area contributed by atoms with Crippen LogP contribution in [0.4, 0.5) is 4.39 Å². The molecule has 1 aromatic heterocycles. The number of aromatic nitrogens is 2. The monoisotopic (exact) mass is 265 g/mol. The van der Waals surface area contributed by atoms with E-state index in [1.807, 2.05) is 6.92 Å². The number of hydrogen-bond donors (Lipinski definition) is 2. The molecular weight excluding hydrogens is 249 g/mol. The Balaban J connectivity index is 1.88. The molecule has 0 bridgehead atoms. The molecule has 0 saturated heterocycles. The zero-order valence-electron chi connectivity index (χ0n) is 10.9. The van der Waals surface area contributed by atoms with Crippen LogP contribution in [0.3, 0.4) is 0 Å². The minimum Gasteiger partial charge on any atom is -0.508 e. The summed E-state index contributed by atoms with van der Waals surface area (Å²) in [4.78, 5) is 4.08. The number of rotatable bonds is 5. The van der Waals surface area contributed by atoms with Gasteiger partial charge in [-0.1, -0.05) is 11.2 Å². The van der Waals surface area contributed by atoms with Gasteiger partial charge in [-0.15, -0.1) is 0 Å². The number of hydrogen-bond acceptors (Lipinski definition) is 5. The van der Waals surface area contributed by atoms with Crippen molar-refractivity contribution >= 4 is 0 Å². The first-order valence-electron chi connectivity index (χ1n) is 6.07. The molecule has 5 nitrogen and oxygen atoms in total. The zero-order valence-corrected chi connectivity index (χ0v) is 10.9. The van der Waals surface area contributed by atoms with Crippen molar-refractivity contribution in [2.45, 2.75) is 26.3 Å². The smallest absolute Gasteiger partial charge is 0.227 e. The lowest BCUT2D eigenvalue weighted by atomic mass is 10.1. The van der Waals surface area contributed by atoms with Gasteiger partial charge in [-0.05, 0) is 19.9 Å². The van der Waals surface area contributed by atoms with Gasteiger partial charge in [-0.3, -0.25) is 0 Å². The van der Waals surface area contributed by atoms with Crippen molar-refractivity contribution in [3.63, 3.8) is 0 Å². The Kier molecular flexibility index (Phi) is 4.11. The second kappa shape index (κ2) is 5.79. The summed E-state index contributed by atoms with van der Waals surface area (Å²) in [5.74, 6) is 0.666. The molecule has 0 radical (unpaired) electrons. The van der Waals surface area contributed by atoms with Crippen LogP contribution in [0, 0.1) is 12.7 Å². The Morgan fingerprint density at radius 2 is 2.26 bits per heavy atom. The summed E-state index contributed by atoms with van der Waals surface area (Å²) >= 11 is 0. The molecule has 19 heavy (non-hydrogen) atoms. The van der Waals surface area contributed by atoms with Crippen LogP contribution in [-0.4, -0.2) is 21.8 Å². The molecule has 6 heteroatoms. The van der Waals surface area contributed by atoms with Gasteiger partial charge in [0.15, 0.2) is 5.82 Å². The van der Waals surface area contributed by atoms with Crippen molar-refractivity contribution in [1.82, 2.24) is 15.5 Å². The highest BCUT2D eigenvalue weighted by atomic mass is 19.1. The van der Waals surface area contributed by atoms with Crippen LogP contribution in [-0.2, 0) is 6.42 Å². The van der Waals surface area contributed by atoms with E-state index >= 15 is 0 Å². The summed E-state index contributed by atoms with van der Waals surface area (Å²) < 4.78 is 18.6. The van der Waals surface area contributed by atoms with E-state index in [0.29, 0.717) is 30.2 Å². The third kappa shape index (κ3) is 3.51. The molecule has 2 N–H and O–H groups in total. The molecule has 102 valence electrons. The first-order valence-corrected chi connectivity index (χ1v) is 6.07. The number of phenolic OH excluding ortho intramolecular Hbond substituents is 1. The standard InChI is InChI=1S/C13H16FN3O2/c1-8(11-4-3-10(18)7-12(11)14)15-6-5-13-16-9(2)17-19-13/h3-4,7-8,15,18H,5-6H2,1-2H3. The van der Waals surface area contributed by atoms with Crippen LogP contribution in [0.5, 0.6) is 5.75 Å². The molecule has 1 heterocycles. The third-order valence-corrected chi connectivity index (χ3v) is 2.81. The number of aryl methyl sites for hydroxylation is 1. The van der Waals surface area contributed by atoms with Crippen LogP contribution in [0.1, 0.15) is 30.2 Å². The molecule has 2 rings (SSSR count). The predicted octanol–water partition coefficient (Wildman–Crippen LogP) is 2.12. The Labute approximate surface area is 110 Å². The van der Waals surface area contributed by atoms with E-state index in [4.69, 9.17) is 9.63 Å². The van der Waals surface area contributed by atoms with Crippen LogP contribution in [0.2, 0.25) is 0 Å². The maximum absolute atomic E-state index is 13.6. The summed E-state index contributed by atoms with van der Waals surface area (Å²) in [6.07, 6.45) is 0.588. The van der Waals surface area contributed by atoms with Crippen molar-refractivity contribution < 1.29 is 14.0 Å². The molecule has 1 atom stereocenters. The predicted molar refractivity (Wildman–Crippen MR) is 67.2 cm³/mol. The normalized spacial score (nSPS) is 12.6. The van der Waals surface area contributed by atoms with E-state index < -0.39 is 5.82 Å². The summed E-state index contributed by atoms with van der Waals surface area (Å²) in [5.41, 5.74) is 0.513. The van der Waals surface area contributed by atoms with E-state index in [0.717, 1.165) is 6.07 Å². The first kappa shape index (κ1) is 13.5. The van der Waals surface area contributed by atoms with Crippen molar-refractivity contribution in [2.24, 2.45) is 0 Å². The second-order valence-corrected chi connectivity index (χ2v) is 4.37. The van der Waals surface area contributed by atoms with Gasteiger partial charge in [0, 0.05) is 30.6 Å². The van der Waals surface area contributed by atoms with Crippen molar-refractivity contribution in [1.29, 1.82) is 0 Å². The third-order valence-electron chi connectivity index (χ3n) is 2.81. The van der Waals surface area contributed by atoms with Crippen molar-refractivity contribution in [2.75, 3.05) is 6.54 Å². The van der Waals surface area contributed by atoms with Gasteiger partial charge in [-0.25, -0.2) is 4.39 Å². The van der Waals surface area contributed by atoms with Crippen LogP contribution in [0.15, 0.2) is 22.7 Å². The van der Waals surface area contributed by atoms with Gasteiger partial charge in [0.25, 0.3) is 0 Å². The van der Waals surface area contributed by atoms with Crippen molar-refractivity contribution in [3.8, 4) is 5.75 Å². The average Bonchev–Trinajstić information content (AvgIpc) is 2.75. The largest absolute Gasteiger partial charge is 0.508 e. The average molecular weight is 265 g/mol. The number of nitrogens with one attached hydrogen (secondary N) is 1. The Hall–Kier alpha value is -1.95. The molecule has 0 aliphatic rings. The lowest BCUT2D eigenvalue weighted by molar-refractivity contribution is 0.369. The quantitative estimate of drug-likeness (QED) is 0.866. The Morgan fingerprint density at radius 3 is 2.89 bits per heavy atom. The van der Waals surface area contributed by atoms with E-state index in [1.54, 1.807) is 13.0 Å². The molecule has 0 saturated carbocycles. The molecule has 0 aliphatic heterocycles. The fraction of sp³-hybridized carbons (Fsp3) is 0.385. The van der Waals surface area contributed by atoms with Crippen LogP contribution < -0.4 is 5.32 Å². The number of halogens is 1. The molecule has 0 spiro atoms. The first-order chi connectivity index (χ1) is 9.06. The highest BCUT2D eigenvalue weighted by Gasteiger charge is 2.11. The van der Waals surface area contributed by atoms with Gasteiger partial charge in [0.2, 0.25) is 5.89 Å². The van der Waals surface area contributed by atoms with Gasteiger partial charge in [-0.2, -0.15) is 4.98 Å². The Morgan fingerprint density at radius 1 is 1.47 bits per heavy atom. The van der Waals surface area contributed by atoms with Gasteiger partial charge < -0.3 is 14.9 Å². The molecule has 1 aromatic carbocycles. The fourth-order valence-corrected chi connectivity index (χ4v) is 1.81. The summed E-state index contributed by atoms with van der Waals surface area (Å²) in [7, 11) is 0. The zero-order chi connectivity index (χ0) is 13.8. The van der Waals surface area contributed by atoms with E-state index in [9.17, 15) is 4.39 Å². The maximum atomic E-state index is 13.6. The lowest BCUT2D eigenvalue weighted by Crippen LogP contribution is -2.22. The molecule has 0 fully saturated rings. The van der Waals surface area contributed by atoms with Crippen LogP contribution in [0.25, 0.3) is 0 Å².